The summed E-state index contributed by atoms with van der Waals surface area (Å²) in [7, 11) is 2.02. The SMILES string of the molecule is CCNC(=NCc1ncc(C)s1)N(C)CCOc1ccc(C)cc1. The van der Waals surface area contributed by atoms with Crippen molar-refractivity contribution in [3.8, 4) is 5.75 Å². The molecule has 5 nitrogen and oxygen atoms in total. The summed E-state index contributed by atoms with van der Waals surface area (Å²) in [6.45, 7) is 9.00. The molecule has 0 radical (unpaired) electrons. The first kappa shape index (κ1) is 18.3. The molecule has 0 unspecified atom stereocenters. The van der Waals surface area contributed by atoms with E-state index in [1.54, 1.807) is 11.3 Å². The lowest BCUT2D eigenvalue weighted by molar-refractivity contribution is 0.281. The summed E-state index contributed by atoms with van der Waals surface area (Å²) in [6, 6.07) is 8.11. The molecular weight excluding hydrogens is 320 g/mol. The summed E-state index contributed by atoms with van der Waals surface area (Å²) in [4.78, 5) is 12.3. The Kier molecular flexibility index (Phi) is 7.06. The van der Waals surface area contributed by atoms with Crippen molar-refractivity contribution in [2.45, 2.75) is 27.3 Å². The predicted octanol–water partition coefficient (Wildman–Crippen LogP) is 3.24. The van der Waals surface area contributed by atoms with E-state index in [1.807, 2.05) is 25.4 Å². The van der Waals surface area contributed by atoms with Gasteiger partial charge in [0, 0.05) is 24.7 Å². The molecule has 6 heteroatoms. The van der Waals surface area contributed by atoms with E-state index >= 15 is 0 Å². The van der Waals surface area contributed by atoms with Crippen LogP contribution in [-0.4, -0.2) is 42.6 Å². The maximum absolute atomic E-state index is 5.79. The zero-order valence-corrected chi connectivity index (χ0v) is 15.7. The standard InChI is InChI=1S/C18H26N4OS/c1-5-19-18(21-13-17-20-12-15(3)24-17)22(4)10-11-23-16-8-6-14(2)7-9-16/h6-9,12H,5,10-11,13H2,1-4H3,(H,19,21). The van der Waals surface area contributed by atoms with E-state index in [0.717, 1.165) is 29.8 Å². The third-order valence-corrected chi connectivity index (χ3v) is 4.34. The van der Waals surface area contributed by atoms with Crippen LogP contribution < -0.4 is 10.1 Å². The number of hydrogen-bond donors (Lipinski definition) is 1. The zero-order valence-electron chi connectivity index (χ0n) is 14.9. The molecule has 2 aromatic rings. The van der Waals surface area contributed by atoms with E-state index in [-0.39, 0.29) is 0 Å². The third kappa shape index (κ3) is 5.85. The van der Waals surface area contributed by atoms with E-state index < -0.39 is 0 Å². The van der Waals surface area contributed by atoms with Crippen molar-refractivity contribution in [2.75, 3.05) is 26.7 Å². The van der Waals surface area contributed by atoms with E-state index in [0.29, 0.717) is 13.2 Å². The minimum atomic E-state index is 0.601. The molecule has 130 valence electrons. The Bertz CT molecular complexity index is 651. The number of ether oxygens (including phenoxy) is 1. The lowest BCUT2D eigenvalue weighted by atomic mass is 10.2. The molecule has 2 rings (SSSR count). The second-order valence-corrected chi connectivity index (χ2v) is 6.94. The van der Waals surface area contributed by atoms with Gasteiger partial charge in [0.1, 0.15) is 17.4 Å². The minimum absolute atomic E-state index is 0.601. The van der Waals surface area contributed by atoms with Crippen LogP contribution in [0.3, 0.4) is 0 Å². The van der Waals surface area contributed by atoms with Crippen molar-refractivity contribution in [2.24, 2.45) is 4.99 Å². The fraction of sp³-hybridized carbons (Fsp3) is 0.444. The van der Waals surface area contributed by atoms with Crippen LogP contribution in [0.1, 0.15) is 22.4 Å². The molecule has 0 atom stereocenters. The number of aryl methyl sites for hydroxylation is 2. The number of hydrogen-bond acceptors (Lipinski definition) is 4. The number of rotatable bonds is 7. The quantitative estimate of drug-likeness (QED) is 0.618. The van der Waals surface area contributed by atoms with Crippen molar-refractivity contribution < 1.29 is 4.74 Å². The summed E-state index contributed by atoms with van der Waals surface area (Å²) >= 11 is 1.69. The molecule has 24 heavy (non-hydrogen) atoms. The fourth-order valence-electron chi connectivity index (χ4n) is 2.13. The Morgan fingerprint density at radius 2 is 2.04 bits per heavy atom. The Balaban J connectivity index is 1.85. The second kappa shape index (κ2) is 9.27. The van der Waals surface area contributed by atoms with Crippen LogP contribution in [0.2, 0.25) is 0 Å². The number of benzene rings is 1. The summed E-state index contributed by atoms with van der Waals surface area (Å²) in [5.74, 6) is 1.77. The van der Waals surface area contributed by atoms with Crippen LogP contribution in [0.5, 0.6) is 5.75 Å². The van der Waals surface area contributed by atoms with E-state index in [1.165, 1.54) is 10.4 Å². The minimum Gasteiger partial charge on any atom is -0.492 e. The van der Waals surface area contributed by atoms with Gasteiger partial charge in [0.15, 0.2) is 5.96 Å². The number of thiazole rings is 1. The third-order valence-electron chi connectivity index (χ3n) is 3.45. The van der Waals surface area contributed by atoms with Crippen molar-refractivity contribution in [3.05, 3.63) is 45.9 Å². The summed E-state index contributed by atoms with van der Waals surface area (Å²) in [5, 5.41) is 4.35. The molecule has 0 bridgehead atoms. The van der Waals surface area contributed by atoms with E-state index in [4.69, 9.17) is 4.74 Å². The van der Waals surface area contributed by atoms with Crippen LogP contribution >= 0.6 is 11.3 Å². The first-order valence-electron chi connectivity index (χ1n) is 8.18. The van der Waals surface area contributed by atoms with Crippen LogP contribution in [-0.2, 0) is 6.54 Å². The second-order valence-electron chi connectivity index (χ2n) is 5.62. The van der Waals surface area contributed by atoms with Gasteiger partial charge in [0.05, 0.1) is 13.1 Å². The number of likely N-dealkylation sites (N-methyl/N-ethyl adjacent to an activating group) is 1. The maximum atomic E-state index is 5.79. The number of aromatic nitrogens is 1. The molecule has 0 aliphatic heterocycles. The first-order valence-corrected chi connectivity index (χ1v) is 9.00. The molecule has 1 heterocycles. The maximum Gasteiger partial charge on any atom is 0.194 e. The molecule has 1 aromatic carbocycles. The molecule has 0 saturated heterocycles. The lowest BCUT2D eigenvalue weighted by Crippen LogP contribution is -2.40. The zero-order chi connectivity index (χ0) is 17.4. The predicted molar refractivity (Wildman–Crippen MR) is 101 cm³/mol. The highest BCUT2D eigenvalue weighted by molar-refractivity contribution is 7.11. The van der Waals surface area contributed by atoms with Crippen molar-refractivity contribution in [1.82, 2.24) is 15.2 Å². The fourth-order valence-corrected chi connectivity index (χ4v) is 2.84. The molecule has 0 fully saturated rings. The van der Waals surface area contributed by atoms with E-state index in [2.05, 4.69) is 53.1 Å². The number of guanidine groups is 1. The summed E-state index contributed by atoms with van der Waals surface area (Å²) in [6.07, 6.45) is 1.89. The monoisotopic (exact) mass is 346 g/mol. The van der Waals surface area contributed by atoms with Gasteiger partial charge in [-0.3, -0.25) is 0 Å². The molecule has 1 aromatic heterocycles. The van der Waals surface area contributed by atoms with Crippen LogP contribution in [0.15, 0.2) is 35.5 Å². The Hall–Kier alpha value is -2.08. The molecule has 0 aliphatic rings. The van der Waals surface area contributed by atoms with Crippen LogP contribution in [0, 0.1) is 13.8 Å². The molecule has 0 aliphatic carbocycles. The summed E-state index contributed by atoms with van der Waals surface area (Å²) in [5.41, 5.74) is 1.23. The Morgan fingerprint density at radius 1 is 1.29 bits per heavy atom. The van der Waals surface area contributed by atoms with Gasteiger partial charge >= 0.3 is 0 Å². The highest BCUT2D eigenvalue weighted by Crippen LogP contribution is 2.12. The molecule has 0 amide bonds. The first-order chi connectivity index (χ1) is 11.6. The lowest BCUT2D eigenvalue weighted by Gasteiger charge is -2.22. The van der Waals surface area contributed by atoms with Gasteiger partial charge < -0.3 is 15.0 Å². The van der Waals surface area contributed by atoms with Crippen molar-refractivity contribution in [1.29, 1.82) is 0 Å². The van der Waals surface area contributed by atoms with Gasteiger partial charge in [-0.1, -0.05) is 17.7 Å². The van der Waals surface area contributed by atoms with Crippen LogP contribution in [0.4, 0.5) is 0 Å². The normalized spacial score (nSPS) is 11.4. The smallest absolute Gasteiger partial charge is 0.194 e. The Labute approximate surface area is 148 Å². The highest BCUT2D eigenvalue weighted by atomic mass is 32.1. The summed E-state index contributed by atoms with van der Waals surface area (Å²) < 4.78 is 5.79. The molecule has 0 spiro atoms. The molecular formula is C18H26N4OS. The average molecular weight is 347 g/mol. The van der Waals surface area contributed by atoms with Gasteiger partial charge in [-0.15, -0.1) is 11.3 Å². The van der Waals surface area contributed by atoms with Crippen molar-refractivity contribution >= 4 is 17.3 Å². The highest BCUT2D eigenvalue weighted by Gasteiger charge is 2.06. The van der Waals surface area contributed by atoms with Gasteiger partial charge in [0.25, 0.3) is 0 Å². The molecule has 0 saturated carbocycles. The van der Waals surface area contributed by atoms with E-state index in [9.17, 15) is 0 Å². The van der Waals surface area contributed by atoms with Gasteiger partial charge in [-0.2, -0.15) is 0 Å². The number of aliphatic imine (C=N–C) groups is 1. The number of nitrogens with zero attached hydrogens (tertiary/aromatic N) is 3. The largest absolute Gasteiger partial charge is 0.492 e. The van der Waals surface area contributed by atoms with Crippen molar-refractivity contribution in [3.63, 3.8) is 0 Å². The van der Waals surface area contributed by atoms with Gasteiger partial charge in [0.2, 0.25) is 0 Å². The van der Waals surface area contributed by atoms with Gasteiger partial charge in [-0.25, -0.2) is 9.98 Å². The molecule has 1 N–H and O–H groups in total. The number of nitrogens with one attached hydrogen (secondary N) is 1. The van der Waals surface area contributed by atoms with Crippen LogP contribution in [0.25, 0.3) is 0 Å². The van der Waals surface area contributed by atoms with Gasteiger partial charge in [-0.05, 0) is 32.9 Å². The topological polar surface area (TPSA) is 49.8 Å². The Morgan fingerprint density at radius 3 is 2.67 bits per heavy atom. The average Bonchev–Trinajstić information content (AvgIpc) is 2.98.